The van der Waals surface area contributed by atoms with Crippen LogP contribution in [0.1, 0.15) is 271 Å². The molecule has 1 amide bonds. The van der Waals surface area contributed by atoms with E-state index in [2.05, 4.69) is 31.3 Å². The summed E-state index contributed by atoms with van der Waals surface area (Å²) in [7, 11) is 0. The Labute approximate surface area is 411 Å². The van der Waals surface area contributed by atoms with Gasteiger partial charge in [0.15, 0.2) is 6.29 Å². The molecule has 0 spiro atoms. The van der Waals surface area contributed by atoms with E-state index in [0.717, 1.165) is 44.9 Å². The molecule has 1 saturated heterocycles. The van der Waals surface area contributed by atoms with E-state index in [9.17, 15) is 35.4 Å². The van der Waals surface area contributed by atoms with Crippen LogP contribution in [0.5, 0.6) is 0 Å². The third-order valence-corrected chi connectivity index (χ3v) is 13.9. The zero-order chi connectivity index (χ0) is 48.8. The smallest absolute Gasteiger partial charge is 0.249 e. The maximum Gasteiger partial charge on any atom is 0.249 e. The first-order valence-corrected chi connectivity index (χ1v) is 28.7. The molecule has 0 aromatic heterocycles. The number of amides is 1. The molecule has 0 aromatic carbocycles. The van der Waals surface area contributed by atoms with Crippen LogP contribution in [0.3, 0.4) is 0 Å². The third-order valence-electron chi connectivity index (χ3n) is 13.9. The molecule has 1 aliphatic heterocycles. The van der Waals surface area contributed by atoms with E-state index < -0.39 is 61.5 Å². The number of carbonyl (C=O) groups is 1. The van der Waals surface area contributed by atoms with Crippen LogP contribution in [0.25, 0.3) is 0 Å². The summed E-state index contributed by atoms with van der Waals surface area (Å²) in [6.07, 6.45) is 48.5. The molecule has 1 fully saturated rings. The maximum atomic E-state index is 13.1. The van der Waals surface area contributed by atoms with Crippen molar-refractivity contribution in [2.45, 2.75) is 320 Å². The average molecular weight is 952 g/mol. The fourth-order valence-electron chi connectivity index (χ4n) is 9.22. The van der Waals surface area contributed by atoms with Crippen molar-refractivity contribution in [2.24, 2.45) is 0 Å². The number of ether oxygens (including phenoxy) is 2. The second-order valence-corrected chi connectivity index (χ2v) is 20.2. The van der Waals surface area contributed by atoms with E-state index >= 15 is 0 Å². The highest BCUT2D eigenvalue weighted by atomic mass is 16.7. The normalized spacial score (nSPS) is 20.3. The van der Waals surface area contributed by atoms with Gasteiger partial charge < -0.3 is 45.4 Å². The molecule has 10 heteroatoms. The van der Waals surface area contributed by atoms with E-state index in [1.165, 1.54) is 205 Å². The van der Waals surface area contributed by atoms with Crippen LogP contribution < -0.4 is 5.32 Å². The van der Waals surface area contributed by atoms with Crippen molar-refractivity contribution in [3.05, 3.63) is 24.3 Å². The molecule has 0 aromatic rings. The Morgan fingerprint density at radius 2 is 0.866 bits per heavy atom. The number of rotatable bonds is 49. The van der Waals surface area contributed by atoms with Crippen molar-refractivity contribution in [1.29, 1.82) is 0 Å². The van der Waals surface area contributed by atoms with Crippen molar-refractivity contribution >= 4 is 5.91 Å². The van der Waals surface area contributed by atoms with Crippen LogP contribution in [-0.2, 0) is 14.3 Å². The van der Waals surface area contributed by atoms with E-state index in [1.54, 1.807) is 6.08 Å². The molecule has 10 nitrogen and oxygen atoms in total. The number of aliphatic hydroxyl groups is 6. The minimum atomic E-state index is -1.61. The summed E-state index contributed by atoms with van der Waals surface area (Å²) in [4.78, 5) is 13.1. The molecule has 0 saturated carbocycles. The monoisotopic (exact) mass is 952 g/mol. The lowest BCUT2D eigenvalue weighted by Crippen LogP contribution is -2.60. The Hall–Kier alpha value is -1.37. The first-order chi connectivity index (χ1) is 32.8. The number of hydrogen-bond donors (Lipinski definition) is 7. The molecular weight excluding hydrogens is 843 g/mol. The third kappa shape index (κ3) is 36.2. The van der Waals surface area contributed by atoms with Gasteiger partial charge >= 0.3 is 0 Å². The molecule has 8 atom stereocenters. The standard InChI is InChI=1S/C57H109NO9/c1-3-5-7-9-11-13-15-17-19-21-22-23-24-25-26-27-28-29-30-32-34-36-38-40-42-44-46-51(61)56(65)58-49(48-66-57-55(64)54(63)53(62)52(47-59)67-57)50(60)45-43-41-39-37-35-33-31-20-18-16-14-12-10-8-6-4-2/h25-26,43,45,49-55,57,59-64H,3-24,27-42,44,46-48H2,1-2H3,(H,58,65)/b26-25-,45-43+. The second-order valence-electron chi connectivity index (χ2n) is 20.2. The summed E-state index contributed by atoms with van der Waals surface area (Å²) in [5, 5.41) is 65.0. The highest BCUT2D eigenvalue weighted by Crippen LogP contribution is 2.23. The Morgan fingerprint density at radius 1 is 0.507 bits per heavy atom. The fraction of sp³-hybridized carbons (Fsp3) is 0.912. The van der Waals surface area contributed by atoms with Crippen LogP contribution in [0.2, 0.25) is 0 Å². The summed E-state index contributed by atoms with van der Waals surface area (Å²) in [6.45, 7) is 3.64. The van der Waals surface area contributed by atoms with Gasteiger partial charge in [0.1, 0.15) is 30.5 Å². The minimum absolute atomic E-state index is 0.303. The summed E-state index contributed by atoms with van der Waals surface area (Å²) in [6, 6.07) is -0.979. The van der Waals surface area contributed by atoms with Gasteiger partial charge in [0, 0.05) is 0 Å². The van der Waals surface area contributed by atoms with E-state index in [4.69, 9.17) is 9.47 Å². The summed E-state index contributed by atoms with van der Waals surface area (Å²) >= 11 is 0. The predicted molar refractivity (Wildman–Crippen MR) is 278 cm³/mol. The second kappa shape index (κ2) is 47.0. The topological polar surface area (TPSA) is 169 Å². The lowest BCUT2D eigenvalue weighted by molar-refractivity contribution is -0.302. The molecule has 0 bridgehead atoms. The molecule has 396 valence electrons. The van der Waals surface area contributed by atoms with E-state index in [1.807, 2.05) is 6.08 Å². The lowest BCUT2D eigenvalue weighted by atomic mass is 9.99. The van der Waals surface area contributed by atoms with Gasteiger partial charge in [0.2, 0.25) is 5.91 Å². The Bertz CT molecular complexity index is 1120. The molecular formula is C57H109NO9. The molecule has 0 radical (unpaired) electrons. The molecule has 1 rings (SSSR count). The fourth-order valence-corrected chi connectivity index (χ4v) is 9.22. The summed E-state index contributed by atoms with van der Waals surface area (Å²) in [5.74, 6) is -0.614. The van der Waals surface area contributed by atoms with E-state index in [-0.39, 0.29) is 6.61 Å². The number of aliphatic hydroxyl groups excluding tert-OH is 6. The van der Waals surface area contributed by atoms with Gasteiger partial charge in [0.25, 0.3) is 0 Å². The highest BCUT2D eigenvalue weighted by molar-refractivity contribution is 5.80. The average Bonchev–Trinajstić information content (AvgIpc) is 3.33. The highest BCUT2D eigenvalue weighted by Gasteiger charge is 2.44. The largest absolute Gasteiger partial charge is 0.394 e. The van der Waals surface area contributed by atoms with Gasteiger partial charge in [-0.15, -0.1) is 0 Å². The van der Waals surface area contributed by atoms with Gasteiger partial charge in [-0.1, -0.05) is 250 Å². The van der Waals surface area contributed by atoms with Gasteiger partial charge in [-0.2, -0.15) is 0 Å². The first-order valence-electron chi connectivity index (χ1n) is 28.7. The van der Waals surface area contributed by atoms with Gasteiger partial charge in [-0.25, -0.2) is 0 Å². The van der Waals surface area contributed by atoms with Crippen molar-refractivity contribution < 1.29 is 44.9 Å². The molecule has 7 N–H and O–H groups in total. The van der Waals surface area contributed by atoms with Crippen molar-refractivity contribution in [2.75, 3.05) is 13.2 Å². The Balaban J connectivity index is 2.25. The molecule has 0 aliphatic carbocycles. The van der Waals surface area contributed by atoms with Crippen LogP contribution in [-0.4, -0.2) is 98.7 Å². The number of nitrogens with one attached hydrogen (secondary N) is 1. The molecule has 1 aliphatic rings. The molecule has 1 heterocycles. The van der Waals surface area contributed by atoms with Crippen LogP contribution in [0.4, 0.5) is 0 Å². The molecule has 67 heavy (non-hydrogen) atoms. The van der Waals surface area contributed by atoms with Crippen LogP contribution >= 0.6 is 0 Å². The van der Waals surface area contributed by atoms with E-state index in [0.29, 0.717) is 6.42 Å². The lowest BCUT2D eigenvalue weighted by Gasteiger charge is -2.40. The zero-order valence-corrected chi connectivity index (χ0v) is 43.5. The van der Waals surface area contributed by atoms with Gasteiger partial charge in [0.05, 0.1) is 25.4 Å². The van der Waals surface area contributed by atoms with Gasteiger partial charge in [-0.3, -0.25) is 4.79 Å². The first kappa shape index (κ1) is 63.6. The number of allylic oxidation sites excluding steroid dienone is 3. The number of hydrogen-bond acceptors (Lipinski definition) is 9. The molecule has 8 unspecified atom stereocenters. The van der Waals surface area contributed by atoms with Gasteiger partial charge in [-0.05, 0) is 44.9 Å². The maximum absolute atomic E-state index is 13.1. The number of unbranched alkanes of at least 4 members (excludes halogenated alkanes) is 36. The van der Waals surface area contributed by atoms with Crippen molar-refractivity contribution in [1.82, 2.24) is 5.32 Å². The Kier molecular flexibility index (Phi) is 44.6. The summed E-state index contributed by atoms with van der Waals surface area (Å²) < 4.78 is 11.2. The predicted octanol–water partition coefficient (Wildman–Crippen LogP) is 12.8. The zero-order valence-electron chi connectivity index (χ0n) is 43.5. The number of carbonyl (C=O) groups excluding carboxylic acids is 1. The van der Waals surface area contributed by atoms with Crippen molar-refractivity contribution in [3.63, 3.8) is 0 Å². The SMILES string of the molecule is CCCCCCCCCCCCCC/C=C\CCCCCCCCCCCCC(O)C(=O)NC(COC1OC(CO)C(O)C(O)C1O)C(O)/C=C/CCCCCCCCCCCCCCCC. The van der Waals surface area contributed by atoms with Crippen LogP contribution in [0.15, 0.2) is 24.3 Å². The summed E-state index contributed by atoms with van der Waals surface area (Å²) in [5.41, 5.74) is 0. The minimum Gasteiger partial charge on any atom is -0.394 e. The quantitative estimate of drug-likeness (QED) is 0.0232. The van der Waals surface area contributed by atoms with Crippen molar-refractivity contribution in [3.8, 4) is 0 Å². The Morgan fingerprint density at radius 3 is 1.25 bits per heavy atom. The van der Waals surface area contributed by atoms with Crippen LogP contribution in [0, 0.1) is 0 Å².